The summed E-state index contributed by atoms with van der Waals surface area (Å²) in [6.45, 7) is 2.00. The van der Waals surface area contributed by atoms with Crippen LogP contribution in [0.2, 0.25) is 0 Å². The van der Waals surface area contributed by atoms with Crippen LogP contribution in [0.5, 0.6) is 0 Å². The lowest BCUT2D eigenvalue weighted by Gasteiger charge is -2.09. The summed E-state index contributed by atoms with van der Waals surface area (Å²) in [6, 6.07) is 15.9. The number of aromatic nitrogens is 3. The van der Waals surface area contributed by atoms with Crippen LogP contribution in [-0.2, 0) is 6.42 Å². The number of aryl methyl sites for hydroxylation is 1. The van der Waals surface area contributed by atoms with Gasteiger partial charge in [0.2, 0.25) is 0 Å². The van der Waals surface area contributed by atoms with Crippen molar-refractivity contribution in [1.82, 2.24) is 14.8 Å². The van der Waals surface area contributed by atoms with E-state index in [-0.39, 0.29) is 0 Å². The van der Waals surface area contributed by atoms with Gasteiger partial charge in [-0.2, -0.15) is 9.78 Å². The topological polar surface area (TPSA) is 67.8 Å². The van der Waals surface area contributed by atoms with Crippen LogP contribution in [0, 0.1) is 6.92 Å². The lowest BCUT2D eigenvalue weighted by atomic mass is 10.00. The Morgan fingerprint density at radius 3 is 2.55 bits per heavy atom. The SMILES string of the molecule is Cc1cc(-n2ncc(=O)[nH]c2=O)ccc1Cc1ccccc1. The highest BCUT2D eigenvalue weighted by atomic mass is 16.2. The second-order valence-electron chi connectivity index (χ2n) is 5.12. The van der Waals surface area contributed by atoms with Crippen molar-refractivity contribution in [2.75, 3.05) is 0 Å². The van der Waals surface area contributed by atoms with Crippen LogP contribution in [0.25, 0.3) is 5.69 Å². The molecule has 110 valence electrons. The molecule has 0 amide bonds. The fraction of sp³-hybridized carbons (Fsp3) is 0.118. The number of aromatic amines is 1. The summed E-state index contributed by atoms with van der Waals surface area (Å²) in [7, 11) is 0. The molecule has 3 aromatic rings. The molecule has 0 aliphatic rings. The highest BCUT2D eigenvalue weighted by molar-refractivity contribution is 5.41. The van der Waals surface area contributed by atoms with Gasteiger partial charge in [0.25, 0.3) is 5.56 Å². The minimum Gasteiger partial charge on any atom is -0.271 e. The van der Waals surface area contributed by atoms with Crippen molar-refractivity contribution in [3.8, 4) is 5.69 Å². The lowest BCUT2D eigenvalue weighted by Crippen LogP contribution is -2.30. The van der Waals surface area contributed by atoms with Gasteiger partial charge in [0.05, 0.1) is 5.69 Å². The van der Waals surface area contributed by atoms with E-state index in [1.54, 1.807) is 0 Å². The second-order valence-corrected chi connectivity index (χ2v) is 5.12. The molecule has 0 atom stereocenters. The van der Waals surface area contributed by atoms with Crippen LogP contribution in [-0.4, -0.2) is 14.8 Å². The molecule has 22 heavy (non-hydrogen) atoms. The smallest absolute Gasteiger partial charge is 0.271 e. The Bertz CT molecular complexity index is 911. The van der Waals surface area contributed by atoms with Gasteiger partial charge in [-0.25, -0.2) is 4.79 Å². The fourth-order valence-electron chi connectivity index (χ4n) is 2.36. The van der Waals surface area contributed by atoms with Gasteiger partial charge in [0, 0.05) is 0 Å². The van der Waals surface area contributed by atoms with Gasteiger partial charge in [-0.05, 0) is 42.2 Å². The highest BCUT2D eigenvalue weighted by Gasteiger charge is 2.05. The summed E-state index contributed by atoms with van der Waals surface area (Å²) in [6.07, 6.45) is 1.93. The largest absolute Gasteiger partial charge is 0.349 e. The monoisotopic (exact) mass is 293 g/mol. The van der Waals surface area contributed by atoms with Crippen molar-refractivity contribution in [2.45, 2.75) is 13.3 Å². The first-order chi connectivity index (χ1) is 10.6. The molecule has 0 saturated heterocycles. The molecular formula is C17H15N3O2. The van der Waals surface area contributed by atoms with E-state index in [0.717, 1.165) is 18.2 Å². The van der Waals surface area contributed by atoms with Crippen molar-refractivity contribution >= 4 is 0 Å². The Morgan fingerprint density at radius 2 is 1.86 bits per heavy atom. The summed E-state index contributed by atoms with van der Waals surface area (Å²) in [5, 5.41) is 3.86. The number of nitrogens with one attached hydrogen (secondary N) is 1. The molecule has 0 bridgehead atoms. The highest BCUT2D eigenvalue weighted by Crippen LogP contribution is 2.16. The van der Waals surface area contributed by atoms with Crippen molar-refractivity contribution in [2.24, 2.45) is 0 Å². The fourth-order valence-corrected chi connectivity index (χ4v) is 2.36. The van der Waals surface area contributed by atoms with Gasteiger partial charge in [-0.15, -0.1) is 0 Å². The van der Waals surface area contributed by atoms with Crippen LogP contribution in [0.15, 0.2) is 64.3 Å². The van der Waals surface area contributed by atoms with E-state index in [1.165, 1.54) is 15.8 Å². The number of hydrogen-bond acceptors (Lipinski definition) is 3. The molecule has 1 N–H and O–H groups in total. The molecule has 0 fully saturated rings. The summed E-state index contributed by atoms with van der Waals surface area (Å²) in [5.41, 5.74) is 3.09. The van der Waals surface area contributed by atoms with E-state index in [4.69, 9.17) is 0 Å². The van der Waals surface area contributed by atoms with Crippen molar-refractivity contribution in [3.05, 3.63) is 92.3 Å². The van der Waals surface area contributed by atoms with Gasteiger partial charge in [-0.1, -0.05) is 36.4 Å². The molecule has 5 heteroatoms. The maximum Gasteiger partial charge on any atom is 0.349 e. The Hall–Kier alpha value is -2.95. The summed E-state index contributed by atoms with van der Waals surface area (Å²) in [5.74, 6) is 0. The van der Waals surface area contributed by atoms with E-state index in [0.29, 0.717) is 5.69 Å². The maximum absolute atomic E-state index is 11.8. The van der Waals surface area contributed by atoms with E-state index in [1.807, 2.05) is 43.3 Å². The molecule has 0 aliphatic carbocycles. The minimum atomic E-state index is -0.539. The maximum atomic E-state index is 11.8. The predicted octanol–water partition coefficient (Wildman–Crippen LogP) is 1.82. The molecule has 0 radical (unpaired) electrons. The zero-order valence-electron chi connectivity index (χ0n) is 12.1. The third-order valence-electron chi connectivity index (χ3n) is 3.52. The molecule has 3 rings (SSSR count). The molecule has 0 saturated carbocycles. The molecular weight excluding hydrogens is 278 g/mol. The summed E-state index contributed by atoms with van der Waals surface area (Å²) < 4.78 is 1.18. The van der Waals surface area contributed by atoms with Gasteiger partial charge in [-0.3, -0.25) is 9.78 Å². The quantitative estimate of drug-likeness (QED) is 0.801. The summed E-state index contributed by atoms with van der Waals surface area (Å²) >= 11 is 0. The normalized spacial score (nSPS) is 10.6. The van der Waals surface area contributed by atoms with E-state index in [9.17, 15) is 9.59 Å². The van der Waals surface area contributed by atoms with Crippen LogP contribution in [0.3, 0.4) is 0 Å². The van der Waals surface area contributed by atoms with Crippen LogP contribution < -0.4 is 11.2 Å². The van der Waals surface area contributed by atoms with E-state index >= 15 is 0 Å². The summed E-state index contributed by atoms with van der Waals surface area (Å²) in [4.78, 5) is 25.0. The molecule has 0 spiro atoms. The third kappa shape index (κ3) is 2.88. The lowest BCUT2D eigenvalue weighted by molar-refractivity contribution is 0.748. The van der Waals surface area contributed by atoms with Gasteiger partial charge in [0.1, 0.15) is 6.20 Å². The average molecular weight is 293 g/mol. The number of nitrogens with zero attached hydrogens (tertiary/aromatic N) is 2. The minimum absolute atomic E-state index is 0.501. The predicted molar refractivity (Wildman–Crippen MR) is 84.4 cm³/mol. The zero-order valence-corrected chi connectivity index (χ0v) is 12.1. The van der Waals surface area contributed by atoms with E-state index < -0.39 is 11.2 Å². The van der Waals surface area contributed by atoms with Crippen molar-refractivity contribution in [1.29, 1.82) is 0 Å². The number of hydrogen-bond donors (Lipinski definition) is 1. The Kier molecular flexibility index (Phi) is 3.70. The van der Waals surface area contributed by atoms with Gasteiger partial charge in [0.15, 0.2) is 0 Å². The average Bonchev–Trinajstić information content (AvgIpc) is 2.50. The van der Waals surface area contributed by atoms with E-state index in [2.05, 4.69) is 22.2 Å². The number of rotatable bonds is 3. The molecule has 2 aromatic carbocycles. The molecule has 1 heterocycles. The van der Waals surface area contributed by atoms with Crippen LogP contribution >= 0.6 is 0 Å². The first-order valence-corrected chi connectivity index (χ1v) is 6.96. The third-order valence-corrected chi connectivity index (χ3v) is 3.52. The number of H-pyrrole nitrogens is 1. The molecule has 0 unspecified atom stereocenters. The Balaban J connectivity index is 1.95. The van der Waals surface area contributed by atoms with Crippen LogP contribution in [0.1, 0.15) is 16.7 Å². The first kappa shape index (κ1) is 14.0. The number of benzene rings is 2. The Labute approximate surface area is 126 Å². The molecule has 1 aromatic heterocycles. The Morgan fingerprint density at radius 1 is 1.09 bits per heavy atom. The van der Waals surface area contributed by atoms with Crippen molar-refractivity contribution in [3.63, 3.8) is 0 Å². The van der Waals surface area contributed by atoms with Gasteiger partial charge >= 0.3 is 5.69 Å². The zero-order chi connectivity index (χ0) is 15.5. The molecule has 0 aliphatic heterocycles. The standard InChI is InChI=1S/C17H15N3O2/c1-12-9-15(20-17(22)19-16(21)11-18-20)8-7-14(12)10-13-5-3-2-4-6-13/h2-9,11H,10H2,1H3,(H,19,21,22). The first-order valence-electron chi connectivity index (χ1n) is 6.96. The van der Waals surface area contributed by atoms with Crippen LogP contribution in [0.4, 0.5) is 0 Å². The van der Waals surface area contributed by atoms with Crippen molar-refractivity contribution < 1.29 is 0 Å². The second kappa shape index (κ2) is 5.81. The molecule has 5 nitrogen and oxygen atoms in total. The van der Waals surface area contributed by atoms with Gasteiger partial charge < -0.3 is 0 Å².